The third kappa shape index (κ3) is 2.74. The highest BCUT2D eigenvalue weighted by Gasteiger charge is 1.98. The van der Waals surface area contributed by atoms with E-state index in [1.54, 1.807) is 23.5 Å². The highest BCUT2D eigenvalue weighted by atomic mass is 15.3. The smallest absolute Gasteiger partial charge is 0.138 e. The second-order valence-corrected chi connectivity index (χ2v) is 3.94. The van der Waals surface area contributed by atoms with Crippen LogP contribution >= 0.6 is 0 Å². The molecule has 0 fully saturated rings. The molecular formula is C13H12N6. The summed E-state index contributed by atoms with van der Waals surface area (Å²) >= 11 is 0. The molecule has 3 aromatic rings. The summed E-state index contributed by atoms with van der Waals surface area (Å²) in [6, 6.07) is 9.85. The first-order chi connectivity index (χ1) is 9.42. The zero-order chi connectivity index (χ0) is 12.9. The van der Waals surface area contributed by atoms with Gasteiger partial charge in [-0.15, -0.1) is 0 Å². The van der Waals surface area contributed by atoms with Gasteiger partial charge in [0.1, 0.15) is 19.0 Å². The number of hydrogen-bond donors (Lipinski definition) is 1. The number of nitrogens with zero attached hydrogens (tertiary/aromatic N) is 5. The Bertz CT molecular complexity index is 618. The van der Waals surface area contributed by atoms with Gasteiger partial charge in [0.15, 0.2) is 0 Å². The van der Waals surface area contributed by atoms with Gasteiger partial charge >= 0.3 is 0 Å². The lowest BCUT2D eigenvalue weighted by molar-refractivity contribution is 0.879. The van der Waals surface area contributed by atoms with Gasteiger partial charge in [0, 0.05) is 11.9 Å². The number of rotatable bonds is 4. The predicted molar refractivity (Wildman–Crippen MR) is 70.7 cm³/mol. The van der Waals surface area contributed by atoms with E-state index >= 15 is 0 Å². The largest absolute Gasteiger partial charge is 0.379 e. The van der Waals surface area contributed by atoms with Crippen LogP contribution in [-0.4, -0.2) is 24.7 Å². The van der Waals surface area contributed by atoms with E-state index in [0.717, 1.165) is 17.1 Å². The average molecular weight is 252 g/mol. The standard InChI is InChI=1S/C13H12N6/c1-3-13(19-10-15-9-18-19)4-2-11(1)16-7-12-5-6-14-8-17-12/h1-6,8-10,16H,7H2. The first-order valence-corrected chi connectivity index (χ1v) is 5.86. The minimum Gasteiger partial charge on any atom is -0.379 e. The molecule has 94 valence electrons. The fourth-order valence-corrected chi connectivity index (χ4v) is 1.69. The molecule has 0 atom stereocenters. The van der Waals surface area contributed by atoms with Crippen molar-refractivity contribution in [3.05, 3.63) is 61.2 Å². The summed E-state index contributed by atoms with van der Waals surface area (Å²) in [6.45, 7) is 0.672. The Hall–Kier alpha value is -2.76. The van der Waals surface area contributed by atoms with E-state index in [2.05, 4.69) is 25.4 Å². The van der Waals surface area contributed by atoms with Crippen LogP contribution in [0.2, 0.25) is 0 Å². The van der Waals surface area contributed by atoms with Crippen LogP contribution in [0.1, 0.15) is 5.69 Å². The molecule has 6 nitrogen and oxygen atoms in total. The van der Waals surface area contributed by atoms with E-state index in [-0.39, 0.29) is 0 Å². The molecule has 0 amide bonds. The summed E-state index contributed by atoms with van der Waals surface area (Å²) in [4.78, 5) is 12.0. The van der Waals surface area contributed by atoms with Crippen molar-refractivity contribution >= 4 is 5.69 Å². The molecule has 0 radical (unpaired) electrons. The Morgan fingerprint density at radius 1 is 1.00 bits per heavy atom. The molecule has 3 rings (SSSR count). The normalized spacial score (nSPS) is 10.3. The molecule has 1 N–H and O–H groups in total. The summed E-state index contributed by atoms with van der Waals surface area (Å²) in [7, 11) is 0. The molecule has 19 heavy (non-hydrogen) atoms. The van der Waals surface area contributed by atoms with Gasteiger partial charge in [0.2, 0.25) is 0 Å². The van der Waals surface area contributed by atoms with Crippen LogP contribution in [0, 0.1) is 0 Å². The van der Waals surface area contributed by atoms with Crippen molar-refractivity contribution in [1.82, 2.24) is 24.7 Å². The molecule has 0 aliphatic rings. The second kappa shape index (κ2) is 5.26. The van der Waals surface area contributed by atoms with Crippen molar-refractivity contribution in [3.8, 4) is 5.69 Å². The third-order valence-corrected chi connectivity index (χ3v) is 2.67. The van der Waals surface area contributed by atoms with Gasteiger partial charge in [-0.2, -0.15) is 5.10 Å². The number of aromatic nitrogens is 5. The fourth-order valence-electron chi connectivity index (χ4n) is 1.69. The van der Waals surface area contributed by atoms with Crippen molar-refractivity contribution in [3.63, 3.8) is 0 Å². The summed E-state index contributed by atoms with van der Waals surface area (Å²) in [6.07, 6.45) is 6.47. The monoisotopic (exact) mass is 252 g/mol. The lowest BCUT2D eigenvalue weighted by Crippen LogP contribution is -2.02. The van der Waals surface area contributed by atoms with E-state index in [4.69, 9.17) is 0 Å². The van der Waals surface area contributed by atoms with Gasteiger partial charge in [0.05, 0.1) is 17.9 Å². The molecule has 0 bridgehead atoms. The molecule has 0 saturated heterocycles. The van der Waals surface area contributed by atoms with E-state index in [9.17, 15) is 0 Å². The molecule has 0 unspecified atom stereocenters. The quantitative estimate of drug-likeness (QED) is 0.765. The minimum absolute atomic E-state index is 0.672. The Balaban J connectivity index is 1.67. The van der Waals surface area contributed by atoms with Gasteiger partial charge < -0.3 is 5.32 Å². The van der Waals surface area contributed by atoms with Gasteiger partial charge in [-0.25, -0.2) is 19.6 Å². The fraction of sp³-hybridized carbons (Fsp3) is 0.0769. The summed E-state index contributed by atoms with van der Waals surface area (Å²) in [5.41, 5.74) is 2.96. The second-order valence-electron chi connectivity index (χ2n) is 3.94. The van der Waals surface area contributed by atoms with Gasteiger partial charge in [-0.05, 0) is 30.3 Å². The number of nitrogens with one attached hydrogen (secondary N) is 1. The van der Waals surface area contributed by atoms with E-state index in [0.29, 0.717) is 6.54 Å². The molecule has 6 heteroatoms. The molecule has 0 aliphatic heterocycles. The van der Waals surface area contributed by atoms with Crippen LogP contribution in [-0.2, 0) is 6.54 Å². The SMILES string of the molecule is c1cc(CNc2ccc(-n3cncn3)cc2)ncn1. The molecule has 0 saturated carbocycles. The topological polar surface area (TPSA) is 68.5 Å². The lowest BCUT2D eigenvalue weighted by Gasteiger charge is -2.06. The van der Waals surface area contributed by atoms with Gasteiger partial charge in [-0.1, -0.05) is 0 Å². The van der Waals surface area contributed by atoms with Crippen LogP contribution in [0.5, 0.6) is 0 Å². The van der Waals surface area contributed by atoms with Crippen molar-refractivity contribution in [2.75, 3.05) is 5.32 Å². The van der Waals surface area contributed by atoms with E-state index < -0.39 is 0 Å². The van der Waals surface area contributed by atoms with E-state index in [1.165, 1.54) is 6.33 Å². The van der Waals surface area contributed by atoms with Gasteiger partial charge in [-0.3, -0.25) is 0 Å². The van der Waals surface area contributed by atoms with Crippen LogP contribution in [0.15, 0.2) is 55.5 Å². The molecule has 2 aromatic heterocycles. The highest BCUT2D eigenvalue weighted by molar-refractivity contribution is 5.48. The van der Waals surface area contributed by atoms with Crippen LogP contribution in [0.4, 0.5) is 5.69 Å². The Morgan fingerprint density at radius 3 is 2.58 bits per heavy atom. The zero-order valence-electron chi connectivity index (χ0n) is 10.1. The number of hydrogen-bond acceptors (Lipinski definition) is 5. The Labute approximate surface area is 110 Å². The minimum atomic E-state index is 0.672. The van der Waals surface area contributed by atoms with Crippen LogP contribution < -0.4 is 5.32 Å². The maximum absolute atomic E-state index is 4.16. The van der Waals surface area contributed by atoms with E-state index in [1.807, 2.05) is 30.3 Å². The maximum atomic E-state index is 4.16. The Morgan fingerprint density at radius 2 is 1.89 bits per heavy atom. The third-order valence-electron chi connectivity index (χ3n) is 2.67. The molecule has 0 aliphatic carbocycles. The molecule has 2 heterocycles. The lowest BCUT2D eigenvalue weighted by atomic mass is 10.2. The summed E-state index contributed by atoms with van der Waals surface area (Å²) < 4.78 is 1.72. The number of anilines is 1. The molecular weight excluding hydrogens is 240 g/mol. The summed E-state index contributed by atoms with van der Waals surface area (Å²) in [5.74, 6) is 0. The van der Waals surface area contributed by atoms with Crippen molar-refractivity contribution < 1.29 is 0 Å². The Kier molecular flexibility index (Phi) is 3.14. The molecule has 0 spiro atoms. The van der Waals surface area contributed by atoms with Crippen molar-refractivity contribution in [2.45, 2.75) is 6.54 Å². The van der Waals surface area contributed by atoms with Crippen LogP contribution in [0.3, 0.4) is 0 Å². The molecule has 1 aromatic carbocycles. The predicted octanol–water partition coefficient (Wildman–Crippen LogP) is 1.67. The highest BCUT2D eigenvalue weighted by Crippen LogP contribution is 2.12. The maximum Gasteiger partial charge on any atom is 0.138 e. The van der Waals surface area contributed by atoms with Crippen molar-refractivity contribution in [2.24, 2.45) is 0 Å². The summed E-state index contributed by atoms with van der Waals surface area (Å²) in [5, 5.41) is 7.38. The number of benzene rings is 1. The van der Waals surface area contributed by atoms with Crippen LogP contribution in [0.25, 0.3) is 5.69 Å². The zero-order valence-corrected chi connectivity index (χ0v) is 10.1. The average Bonchev–Trinajstić information content (AvgIpc) is 3.01. The van der Waals surface area contributed by atoms with Gasteiger partial charge in [0.25, 0.3) is 0 Å². The first kappa shape index (κ1) is 11.3. The van der Waals surface area contributed by atoms with Crippen molar-refractivity contribution in [1.29, 1.82) is 0 Å². The first-order valence-electron chi connectivity index (χ1n) is 5.86.